The molecule has 0 aromatic heterocycles. The monoisotopic (exact) mass is 296 g/mol. The summed E-state index contributed by atoms with van der Waals surface area (Å²) in [5.74, 6) is 0. The molecule has 1 aromatic carbocycles. The van der Waals surface area contributed by atoms with E-state index in [9.17, 15) is 0 Å². The molecule has 1 heterocycles. The van der Waals surface area contributed by atoms with Crippen molar-refractivity contribution in [3.8, 4) is 0 Å². The molecule has 0 atom stereocenters. The molecule has 1 aliphatic rings. The highest BCUT2D eigenvalue weighted by Gasteiger charge is 2.58. The van der Waals surface area contributed by atoms with E-state index < -0.39 is 7.58 Å². The van der Waals surface area contributed by atoms with E-state index in [-0.39, 0.29) is 18.1 Å². The SMILES string of the molecule is CC(C)(C)N1B(c2ccccc2)N(C(C)(C)C)P1Cl. The van der Waals surface area contributed by atoms with Gasteiger partial charge in [-0.1, -0.05) is 41.6 Å². The Bertz CT molecular complexity index is 419. The molecule has 2 nitrogen and oxygen atoms in total. The van der Waals surface area contributed by atoms with Crippen LogP contribution >= 0.6 is 18.8 Å². The molecule has 1 fully saturated rings. The smallest absolute Gasteiger partial charge is 0.273 e. The highest BCUT2D eigenvalue weighted by Crippen LogP contribution is 2.64. The van der Waals surface area contributed by atoms with Gasteiger partial charge in [0, 0.05) is 11.1 Å². The molecule has 0 unspecified atom stereocenters. The molecule has 5 heteroatoms. The van der Waals surface area contributed by atoms with E-state index in [0.29, 0.717) is 0 Å². The molecular formula is C14H23BClN2P. The van der Waals surface area contributed by atoms with Gasteiger partial charge < -0.3 is 0 Å². The second-order valence-corrected chi connectivity index (χ2v) is 9.31. The summed E-state index contributed by atoms with van der Waals surface area (Å²) in [4.78, 5) is 0. The average molecular weight is 297 g/mol. The third-order valence-corrected chi connectivity index (χ3v) is 6.62. The van der Waals surface area contributed by atoms with Crippen molar-refractivity contribution in [2.24, 2.45) is 0 Å². The summed E-state index contributed by atoms with van der Waals surface area (Å²) >= 11 is 6.71. The molecule has 0 spiro atoms. The summed E-state index contributed by atoms with van der Waals surface area (Å²) in [6, 6.07) is 10.7. The highest BCUT2D eigenvalue weighted by atomic mass is 35.7. The van der Waals surface area contributed by atoms with Crippen LogP contribution in [0, 0.1) is 0 Å². The molecule has 1 aliphatic heterocycles. The Morgan fingerprint density at radius 2 is 1.32 bits per heavy atom. The van der Waals surface area contributed by atoms with E-state index in [0.717, 1.165) is 0 Å². The fourth-order valence-corrected chi connectivity index (χ4v) is 6.21. The zero-order chi connectivity index (χ0) is 14.4. The molecule has 0 bridgehead atoms. The van der Waals surface area contributed by atoms with E-state index in [1.807, 2.05) is 0 Å². The minimum Gasteiger partial charge on any atom is -0.273 e. The third-order valence-electron chi connectivity index (χ3n) is 3.29. The zero-order valence-corrected chi connectivity index (χ0v) is 14.3. The maximum atomic E-state index is 6.71. The Labute approximate surface area is 123 Å². The lowest BCUT2D eigenvalue weighted by molar-refractivity contribution is 0.263. The molecule has 2 rings (SSSR count). The number of nitrogens with zero attached hydrogens (tertiary/aromatic N) is 2. The van der Waals surface area contributed by atoms with Gasteiger partial charge in [0.05, 0.1) is 0 Å². The van der Waals surface area contributed by atoms with Crippen LogP contribution < -0.4 is 5.46 Å². The van der Waals surface area contributed by atoms with Gasteiger partial charge in [0.25, 0.3) is 0 Å². The lowest BCUT2D eigenvalue weighted by Crippen LogP contribution is -2.73. The van der Waals surface area contributed by atoms with Gasteiger partial charge in [0.15, 0.2) is 0 Å². The van der Waals surface area contributed by atoms with Gasteiger partial charge in [0.1, 0.15) is 7.58 Å². The standard InChI is InChI=1S/C14H23BClN2P/c1-13(2,3)17-15(12-10-8-7-9-11-12)18(19(17)16)14(4,5)6/h7-11H,1-6H3. The number of rotatable bonds is 1. The van der Waals surface area contributed by atoms with Crippen LogP contribution in [-0.4, -0.2) is 27.2 Å². The predicted molar refractivity (Wildman–Crippen MR) is 87.8 cm³/mol. The molecule has 0 aliphatic carbocycles. The molecule has 0 N–H and O–H groups in total. The first-order chi connectivity index (χ1) is 8.64. The van der Waals surface area contributed by atoms with E-state index in [2.05, 4.69) is 81.0 Å². The van der Waals surface area contributed by atoms with Gasteiger partial charge in [0.2, 0.25) is 0 Å². The van der Waals surface area contributed by atoms with Crippen LogP contribution in [0.4, 0.5) is 0 Å². The molecule has 0 radical (unpaired) electrons. The number of hydrogen-bond acceptors (Lipinski definition) is 2. The van der Waals surface area contributed by atoms with Crippen molar-refractivity contribution in [1.29, 1.82) is 0 Å². The molecule has 104 valence electrons. The van der Waals surface area contributed by atoms with E-state index in [4.69, 9.17) is 11.2 Å². The Morgan fingerprint density at radius 3 is 1.68 bits per heavy atom. The van der Waals surface area contributed by atoms with Crippen molar-refractivity contribution >= 4 is 31.3 Å². The van der Waals surface area contributed by atoms with Crippen molar-refractivity contribution in [1.82, 2.24) is 9.16 Å². The molecule has 1 aromatic rings. The summed E-state index contributed by atoms with van der Waals surface area (Å²) in [6.45, 7) is 13.7. The number of halogens is 1. The van der Waals surface area contributed by atoms with Gasteiger partial charge in [-0.05, 0) is 47.0 Å². The number of benzene rings is 1. The lowest BCUT2D eigenvalue weighted by Gasteiger charge is -2.62. The second-order valence-electron chi connectivity index (χ2n) is 7.06. The van der Waals surface area contributed by atoms with Gasteiger partial charge in [-0.15, -0.1) is 0 Å². The summed E-state index contributed by atoms with van der Waals surface area (Å²) in [5.41, 5.74) is 1.48. The molecular weight excluding hydrogens is 273 g/mol. The lowest BCUT2D eigenvalue weighted by atomic mass is 9.64. The Hall–Kier alpha value is -0.0751. The zero-order valence-electron chi connectivity index (χ0n) is 12.7. The van der Waals surface area contributed by atoms with Gasteiger partial charge in [-0.25, -0.2) is 0 Å². The van der Waals surface area contributed by atoms with Crippen molar-refractivity contribution < 1.29 is 0 Å². The molecule has 0 amide bonds. The van der Waals surface area contributed by atoms with E-state index in [1.165, 1.54) is 5.46 Å². The fourth-order valence-electron chi connectivity index (χ4n) is 2.48. The van der Waals surface area contributed by atoms with Crippen LogP contribution in [0.25, 0.3) is 0 Å². The topological polar surface area (TPSA) is 6.48 Å². The predicted octanol–water partition coefficient (Wildman–Crippen LogP) is 4.06. The fraction of sp³-hybridized carbons (Fsp3) is 0.571. The Kier molecular flexibility index (Phi) is 4.06. The van der Waals surface area contributed by atoms with Crippen molar-refractivity contribution in [3.05, 3.63) is 30.3 Å². The van der Waals surface area contributed by atoms with Crippen LogP contribution in [0.3, 0.4) is 0 Å². The first kappa shape index (κ1) is 15.3. The summed E-state index contributed by atoms with van der Waals surface area (Å²) < 4.78 is 4.87. The average Bonchev–Trinajstić information content (AvgIpc) is 2.22. The minimum absolute atomic E-state index is 0.0791. The minimum atomic E-state index is -0.745. The molecule has 1 saturated heterocycles. The largest absolute Gasteiger partial charge is 0.358 e. The maximum Gasteiger partial charge on any atom is 0.358 e. The summed E-state index contributed by atoms with van der Waals surface area (Å²) in [5, 5.41) is 0. The van der Waals surface area contributed by atoms with Crippen molar-refractivity contribution in [2.75, 3.05) is 0 Å². The first-order valence-electron chi connectivity index (χ1n) is 6.73. The normalized spacial score (nSPS) is 19.6. The van der Waals surface area contributed by atoms with Gasteiger partial charge in [-0.2, -0.15) is 0 Å². The van der Waals surface area contributed by atoms with Crippen LogP contribution in [0.5, 0.6) is 0 Å². The summed E-state index contributed by atoms with van der Waals surface area (Å²) in [6.07, 6.45) is 0. The quantitative estimate of drug-likeness (QED) is 0.569. The maximum absolute atomic E-state index is 6.71. The highest BCUT2D eigenvalue weighted by molar-refractivity contribution is 7.85. The molecule has 19 heavy (non-hydrogen) atoms. The Balaban J connectivity index is 2.39. The summed E-state index contributed by atoms with van der Waals surface area (Å²) in [7, 11) is -0.745. The van der Waals surface area contributed by atoms with Crippen molar-refractivity contribution in [3.63, 3.8) is 0 Å². The van der Waals surface area contributed by atoms with Crippen LogP contribution in [0.15, 0.2) is 30.3 Å². The van der Waals surface area contributed by atoms with Crippen LogP contribution in [-0.2, 0) is 0 Å². The van der Waals surface area contributed by atoms with Gasteiger partial charge >= 0.3 is 6.98 Å². The number of hydrogen-bond donors (Lipinski definition) is 0. The van der Waals surface area contributed by atoms with Gasteiger partial charge in [-0.3, -0.25) is 9.16 Å². The van der Waals surface area contributed by atoms with E-state index >= 15 is 0 Å². The first-order valence-corrected chi connectivity index (χ1v) is 8.88. The van der Waals surface area contributed by atoms with E-state index in [1.54, 1.807) is 0 Å². The van der Waals surface area contributed by atoms with Crippen molar-refractivity contribution in [2.45, 2.75) is 52.6 Å². The third kappa shape index (κ3) is 2.85. The van der Waals surface area contributed by atoms with Crippen LogP contribution in [0.1, 0.15) is 41.5 Å². The second kappa shape index (κ2) is 5.04. The molecule has 0 saturated carbocycles. The Morgan fingerprint density at radius 1 is 0.895 bits per heavy atom. The van der Waals surface area contributed by atoms with Crippen LogP contribution in [0.2, 0.25) is 0 Å².